The van der Waals surface area contributed by atoms with Gasteiger partial charge in [-0.05, 0) is 79.8 Å². The fourth-order valence-electron chi connectivity index (χ4n) is 8.65. The van der Waals surface area contributed by atoms with E-state index in [1.807, 2.05) is 57.0 Å². The minimum absolute atomic E-state index is 0.120. The van der Waals surface area contributed by atoms with Crippen LogP contribution >= 0.6 is 0 Å². The molecule has 2 aromatic heterocycles. The Balaban J connectivity index is 0.998. The summed E-state index contributed by atoms with van der Waals surface area (Å²) in [5, 5.41) is 2.70. The van der Waals surface area contributed by atoms with Gasteiger partial charge in [0.1, 0.15) is 17.7 Å². The van der Waals surface area contributed by atoms with Crippen LogP contribution in [-0.2, 0) is 25.5 Å². The van der Waals surface area contributed by atoms with E-state index in [2.05, 4.69) is 32.3 Å². The van der Waals surface area contributed by atoms with Crippen LogP contribution in [0.15, 0.2) is 42.7 Å². The average Bonchev–Trinajstić information content (AvgIpc) is 4.04. The Morgan fingerprint density at radius 2 is 1.49 bits per heavy atom. The smallest absolute Gasteiger partial charge is 0.407 e. The van der Waals surface area contributed by atoms with Crippen LogP contribution in [0.5, 0.6) is 11.5 Å². The summed E-state index contributed by atoms with van der Waals surface area (Å²) in [6.07, 6.45) is 5.01. The lowest BCUT2D eigenvalue weighted by molar-refractivity contribution is -0.143. The van der Waals surface area contributed by atoms with Crippen LogP contribution in [0, 0.1) is 11.8 Å². The van der Waals surface area contributed by atoms with Gasteiger partial charge in [-0.15, -0.1) is 0 Å². The fourth-order valence-corrected chi connectivity index (χ4v) is 8.65. The topological polar surface area (TPSA) is 201 Å². The number of ether oxygens (including phenoxy) is 3. The maximum atomic E-state index is 13.7. The first-order valence-corrected chi connectivity index (χ1v) is 19.7. The molecule has 0 saturated carbocycles. The maximum absolute atomic E-state index is 13.7. The Hall–Kier alpha value is -6.06. The van der Waals surface area contributed by atoms with Crippen molar-refractivity contribution in [2.75, 3.05) is 31.6 Å². The standard InChI is InChI=1S/C41H49N9O7/c1-21(2)33(47-41(54)55-5)38(51)49-13-6-8-28(49)36-44-20-27(46-36)25-16-24-12-15-48-30-17-23(10-11-31(30)56-32(18-25)34(24)48)26-19-43-37(45-26)29-9-7-14-50(29)39(52)35(22(3)4)57-40(42)53/h10-11,16-22,28-29,33,35H,6-9,12-15H2,1-5H3,(H2,42,53)(H,43,45)(H,44,46)(H,47,54)/t28-,29-,33-,35-/m0/s1. The van der Waals surface area contributed by atoms with E-state index < -0.39 is 24.3 Å². The van der Waals surface area contributed by atoms with Crippen molar-refractivity contribution in [1.29, 1.82) is 0 Å². The van der Waals surface area contributed by atoms with Gasteiger partial charge in [-0.25, -0.2) is 19.6 Å². The van der Waals surface area contributed by atoms with E-state index in [1.54, 1.807) is 11.1 Å². The predicted molar refractivity (Wildman–Crippen MR) is 210 cm³/mol. The number of H-pyrrole nitrogens is 2. The number of hydrogen-bond acceptors (Lipinski definition) is 10. The molecule has 0 aliphatic carbocycles. The van der Waals surface area contributed by atoms with Gasteiger partial charge in [0.15, 0.2) is 17.6 Å². The van der Waals surface area contributed by atoms with E-state index in [0.717, 1.165) is 89.6 Å². The Kier molecular flexibility index (Phi) is 10.0. The number of amides is 4. The van der Waals surface area contributed by atoms with Crippen molar-refractivity contribution in [2.45, 2.75) is 84.0 Å². The molecule has 2 saturated heterocycles. The van der Waals surface area contributed by atoms with Crippen LogP contribution in [0.2, 0.25) is 0 Å². The Morgan fingerprint density at radius 3 is 2.11 bits per heavy atom. The van der Waals surface area contributed by atoms with Gasteiger partial charge < -0.3 is 49.9 Å². The first kappa shape index (κ1) is 37.8. The van der Waals surface area contributed by atoms with Gasteiger partial charge in [0, 0.05) is 30.8 Å². The lowest BCUT2D eigenvalue weighted by Gasteiger charge is -2.30. The number of nitrogens with two attached hydrogens (primary N) is 1. The number of nitrogens with one attached hydrogen (secondary N) is 3. The number of hydrogen-bond donors (Lipinski definition) is 4. The highest BCUT2D eigenvalue weighted by atomic mass is 16.6. The molecule has 4 aliphatic heterocycles. The normalized spacial score (nSPS) is 19.3. The number of imidazole rings is 2. The first-order valence-electron chi connectivity index (χ1n) is 19.7. The summed E-state index contributed by atoms with van der Waals surface area (Å²) in [4.78, 5) is 72.9. The highest BCUT2D eigenvalue weighted by Crippen LogP contribution is 2.53. The van der Waals surface area contributed by atoms with Gasteiger partial charge in [-0.3, -0.25) is 9.59 Å². The lowest BCUT2D eigenvalue weighted by atomic mass is 10.0. The minimum Gasteiger partial charge on any atom is -0.453 e. The van der Waals surface area contributed by atoms with Crippen LogP contribution < -0.4 is 20.7 Å². The molecule has 2 fully saturated rings. The summed E-state index contributed by atoms with van der Waals surface area (Å²) in [5.74, 6) is 2.11. The molecule has 300 valence electrons. The van der Waals surface area contributed by atoms with Crippen molar-refractivity contribution >= 4 is 35.4 Å². The van der Waals surface area contributed by atoms with E-state index in [1.165, 1.54) is 7.11 Å². The van der Waals surface area contributed by atoms with Gasteiger partial charge in [0.25, 0.3) is 5.91 Å². The first-order chi connectivity index (χ1) is 27.4. The largest absolute Gasteiger partial charge is 0.453 e. The molecule has 16 nitrogen and oxygen atoms in total. The number of alkyl carbamates (subject to hydrolysis) is 1. The number of carbonyl (C=O) groups excluding carboxylic acids is 4. The molecular formula is C41H49N9O7. The number of aromatic amines is 2. The number of aromatic nitrogens is 4. The monoisotopic (exact) mass is 779 g/mol. The molecule has 4 amide bonds. The molecule has 4 atom stereocenters. The van der Waals surface area contributed by atoms with Crippen molar-refractivity contribution in [2.24, 2.45) is 17.6 Å². The summed E-state index contributed by atoms with van der Waals surface area (Å²) >= 11 is 0. The molecule has 8 rings (SSSR count). The molecule has 57 heavy (non-hydrogen) atoms. The van der Waals surface area contributed by atoms with E-state index in [4.69, 9.17) is 29.9 Å². The molecule has 4 aromatic rings. The SMILES string of the molecule is COC(=O)N[C@H](C(=O)N1CCC[C@H]1c1ncc(-c2cc3c4c(c2)Oc2ccc(-c5cnc([C@@H]6CCCN6C(=O)[C@@H](OC(N)=O)C(C)C)[nH]5)cc2N4CC3)[nH]1)C(C)C. The third-order valence-electron chi connectivity index (χ3n) is 11.5. The molecule has 6 heterocycles. The van der Waals surface area contributed by atoms with Gasteiger partial charge in [0.05, 0.1) is 54.3 Å². The zero-order chi connectivity index (χ0) is 40.1. The predicted octanol–water partition coefficient (Wildman–Crippen LogP) is 6.09. The number of likely N-dealkylation sites (tertiary alicyclic amines) is 2. The van der Waals surface area contributed by atoms with Gasteiger partial charge >= 0.3 is 12.2 Å². The van der Waals surface area contributed by atoms with Crippen molar-refractivity contribution in [3.05, 3.63) is 59.9 Å². The molecule has 0 spiro atoms. The second-order valence-corrected chi connectivity index (χ2v) is 15.9. The molecule has 16 heteroatoms. The van der Waals surface area contributed by atoms with Crippen LogP contribution in [0.1, 0.15) is 82.7 Å². The maximum Gasteiger partial charge on any atom is 0.407 e. The van der Waals surface area contributed by atoms with E-state index in [-0.39, 0.29) is 35.7 Å². The highest BCUT2D eigenvalue weighted by molar-refractivity contribution is 5.88. The molecule has 4 aliphatic rings. The number of anilines is 2. The van der Waals surface area contributed by atoms with Crippen LogP contribution in [-0.4, -0.2) is 92.6 Å². The number of nitrogens with zero attached hydrogens (tertiary/aromatic N) is 5. The Labute approximate surface area is 330 Å². The third kappa shape index (κ3) is 7.01. The van der Waals surface area contributed by atoms with Gasteiger partial charge in [0.2, 0.25) is 5.91 Å². The van der Waals surface area contributed by atoms with Crippen molar-refractivity contribution in [3.63, 3.8) is 0 Å². The number of benzene rings is 2. The second-order valence-electron chi connectivity index (χ2n) is 15.9. The number of primary amides is 1. The summed E-state index contributed by atoms with van der Waals surface area (Å²) in [6.45, 7) is 9.35. The Bertz CT molecular complexity index is 2210. The molecule has 5 N–H and O–H groups in total. The number of rotatable bonds is 10. The van der Waals surface area contributed by atoms with Crippen molar-refractivity contribution in [1.82, 2.24) is 35.1 Å². The van der Waals surface area contributed by atoms with Crippen molar-refractivity contribution in [3.8, 4) is 34.0 Å². The molecule has 0 unspecified atom stereocenters. The quantitative estimate of drug-likeness (QED) is 0.146. The third-order valence-corrected chi connectivity index (χ3v) is 11.5. The van der Waals surface area contributed by atoms with Crippen LogP contribution in [0.4, 0.5) is 21.0 Å². The van der Waals surface area contributed by atoms with Crippen LogP contribution in [0.3, 0.4) is 0 Å². The molecule has 0 bridgehead atoms. The number of carbonyl (C=O) groups is 4. The molecule has 2 aromatic carbocycles. The van der Waals surface area contributed by atoms with E-state index in [9.17, 15) is 19.2 Å². The number of fused-ring (bicyclic) bond motifs is 2. The van der Waals surface area contributed by atoms with Crippen molar-refractivity contribution < 1.29 is 33.4 Å². The summed E-state index contributed by atoms with van der Waals surface area (Å²) < 4.78 is 16.6. The van der Waals surface area contributed by atoms with Crippen LogP contribution in [0.25, 0.3) is 22.5 Å². The highest BCUT2D eigenvalue weighted by Gasteiger charge is 2.40. The number of methoxy groups -OCH3 is 1. The fraction of sp³-hybridized carbons (Fsp3) is 0.463. The summed E-state index contributed by atoms with van der Waals surface area (Å²) in [5.41, 5.74) is 12.0. The lowest BCUT2D eigenvalue weighted by Crippen LogP contribution is -2.51. The van der Waals surface area contributed by atoms with E-state index in [0.29, 0.717) is 24.7 Å². The zero-order valence-corrected chi connectivity index (χ0v) is 32.8. The van der Waals surface area contributed by atoms with Gasteiger partial charge in [-0.1, -0.05) is 27.7 Å². The molecule has 0 radical (unpaired) electrons. The molecular weight excluding hydrogens is 731 g/mol. The van der Waals surface area contributed by atoms with Gasteiger partial charge in [-0.2, -0.15) is 0 Å². The summed E-state index contributed by atoms with van der Waals surface area (Å²) in [6, 6.07) is 9.06. The second kappa shape index (κ2) is 15.1. The zero-order valence-electron chi connectivity index (χ0n) is 32.8. The summed E-state index contributed by atoms with van der Waals surface area (Å²) in [7, 11) is 1.29. The average molecular weight is 780 g/mol. The van der Waals surface area contributed by atoms with E-state index >= 15 is 0 Å². The minimum atomic E-state index is -0.967. The Morgan fingerprint density at radius 1 is 0.842 bits per heavy atom.